The van der Waals surface area contributed by atoms with Crippen LogP contribution in [0.2, 0.25) is 10.0 Å². The lowest BCUT2D eigenvalue weighted by atomic mass is 10.3. The van der Waals surface area contributed by atoms with Crippen LogP contribution in [0, 0.1) is 0 Å². The number of nitrogens with one attached hydrogen (secondary N) is 2. The second-order valence-corrected chi connectivity index (χ2v) is 6.01. The third kappa shape index (κ3) is 3.10. The van der Waals surface area contributed by atoms with E-state index in [9.17, 15) is 4.79 Å². The number of nitrogens with zero attached hydrogens (tertiary/aromatic N) is 1. The Balaban J connectivity index is 1.77. The lowest BCUT2D eigenvalue weighted by Crippen LogP contribution is -2.19. The summed E-state index contributed by atoms with van der Waals surface area (Å²) in [5.41, 5.74) is 1.22. The molecule has 0 aliphatic carbocycles. The Morgan fingerprint density at radius 3 is 2.52 bits per heavy atom. The van der Waals surface area contributed by atoms with Crippen molar-refractivity contribution in [2.75, 3.05) is 10.6 Å². The molecule has 4 nitrogen and oxygen atoms in total. The molecule has 0 saturated carbocycles. The van der Waals surface area contributed by atoms with Gasteiger partial charge >= 0.3 is 6.03 Å². The summed E-state index contributed by atoms with van der Waals surface area (Å²) in [7, 11) is 0. The molecule has 0 fully saturated rings. The smallest absolute Gasteiger partial charge is 0.306 e. The number of aromatic nitrogens is 1. The van der Waals surface area contributed by atoms with Crippen LogP contribution in [0.3, 0.4) is 0 Å². The molecule has 0 aliphatic rings. The van der Waals surface area contributed by atoms with Crippen LogP contribution in [0.5, 0.6) is 0 Å². The SMILES string of the molecule is O=C(Nc1nc2c(Cl)cccc2s1)Nc1ccccc1Cl. The van der Waals surface area contributed by atoms with E-state index in [0.717, 1.165) is 4.70 Å². The predicted octanol–water partition coefficient (Wildman–Crippen LogP) is 5.25. The van der Waals surface area contributed by atoms with Crippen molar-refractivity contribution in [1.82, 2.24) is 4.98 Å². The number of hydrogen-bond donors (Lipinski definition) is 2. The summed E-state index contributed by atoms with van der Waals surface area (Å²) in [6.07, 6.45) is 0. The standard InChI is InChI=1S/C14H9Cl2N3OS/c15-8-4-1-2-6-10(8)17-13(20)19-14-18-12-9(16)5-3-7-11(12)21-14/h1-7H,(H2,17,18,19,20). The van der Waals surface area contributed by atoms with Crippen LogP contribution in [-0.2, 0) is 0 Å². The maximum atomic E-state index is 11.9. The fourth-order valence-electron chi connectivity index (χ4n) is 1.78. The highest BCUT2D eigenvalue weighted by Crippen LogP contribution is 2.30. The van der Waals surface area contributed by atoms with Gasteiger partial charge in [0.05, 0.1) is 20.4 Å². The minimum atomic E-state index is -0.404. The zero-order valence-electron chi connectivity index (χ0n) is 10.6. The molecule has 0 atom stereocenters. The van der Waals surface area contributed by atoms with E-state index in [4.69, 9.17) is 23.2 Å². The van der Waals surface area contributed by atoms with Crippen molar-refractivity contribution in [2.45, 2.75) is 0 Å². The first-order valence-electron chi connectivity index (χ1n) is 6.01. The minimum Gasteiger partial charge on any atom is -0.306 e. The van der Waals surface area contributed by atoms with Crippen molar-refractivity contribution in [1.29, 1.82) is 0 Å². The van der Waals surface area contributed by atoms with Gasteiger partial charge in [-0.3, -0.25) is 5.32 Å². The number of rotatable bonds is 2. The molecule has 0 radical (unpaired) electrons. The van der Waals surface area contributed by atoms with Gasteiger partial charge in [0.15, 0.2) is 5.13 Å². The second kappa shape index (κ2) is 5.89. The van der Waals surface area contributed by atoms with Crippen LogP contribution in [0.15, 0.2) is 42.5 Å². The second-order valence-electron chi connectivity index (χ2n) is 4.16. The summed E-state index contributed by atoms with van der Waals surface area (Å²) in [6.45, 7) is 0. The summed E-state index contributed by atoms with van der Waals surface area (Å²) in [6, 6.07) is 12.1. The van der Waals surface area contributed by atoms with Crippen LogP contribution in [0.1, 0.15) is 0 Å². The van der Waals surface area contributed by atoms with Crippen LogP contribution in [0.25, 0.3) is 10.2 Å². The lowest BCUT2D eigenvalue weighted by Gasteiger charge is -2.06. The number of carbonyl (C=O) groups is 1. The number of hydrogen-bond acceptors (Lipinski definition) is 3. The van der Waals surface area contributed by atoms with Crippen molar-refractivity contribution < 1.29 is 4.79 Å². The number of benzene rings is 2. The fourth-order valence-corrected chi connectivity index (χ4v) is 3.13. The van der Waals surface area contributed by atoms with Crippen molar-refractivity contribution in [3.63, 3.8) is 0 Å². The Labute approximate surface area is 134 Å². The maximum absolute atomic E-state index is 11.9. The van der Waals surface area contributed by atoms with Gasteiger partial charge < -0.3 is 5.32 Å². The number of fused-ring (bicyclic) bond motifs is 1. The van der Waals surface area contributed by atoms with Crippen LogP contribution < -0.4 is 10.6 Å². The van der Waals surface area contributed by atoms with Crippen LogP contribution in [0.4, 0.5) is 15.6 Å². The first-order chi connectivity index (χ1) is 10.1. The molecular weight excluding hydrogens is 329 g/mol. The molecule has 2 N–H and O–H groups in total. The Morgan fingerprint density at radius 1 is 1.00 bits per heavy atom. The number of amides is 2. The third-order valence-electron chi connectivity index (χ3n) is 2.71. The lowest BCUT2D eigenvalue weighted by molar-refractivity contribution is 0.262. The van der Waals surface area contributed by atoms with Gasteiger partial charge in [-0.15, -0.1) is 0 Å². The molecule has 21 heavy (non-hydrogen) atoms. The summed E-state index contributed by atoms with van der Waals surface area (Å²) in [4.78, 5) is 16.2. The van der Waals surface area contributed by atoms with E-state index < -0.39 is 6.03 Å². The summed E-state index contributed by atoms with van der Waals surface area (Å²) in [5.74, 6) is 0. The van der Waals surface area contributed by atoms with E-state index >= 15 is 0 Å². The Kier molecular flexibility index (Phi) is 3.96. The number of anilines is 2. The molecule has 3 rings (SSSR count). The average Bonchev–Trinajstić information content (AvgIpc) is 2.85. The molecule has 2 aromatic carbocycles. The normalized spacial score (nSPS) is 10.6. The monoisotopic (exact) mass is 337 g/mol. The first-order valence-corrected chi connectivity index (χ1v) is 7.58. The van der Waals surface area contributed by atoms with Gasteiger partial charge in [0.2, 0.25) is 0 Å². The number of carbonyl (C=O) groups excluding carboxylic acids is 1. The van der Waals surface area contributed by atoms with E-state index in [-0.39, 0.29) is 0 Å². The predicted molar refractivity (Wildman–Crippen MR) is 88.7 cm³/mol. The Bertz CT molecular complexity index is 819. The molecule has 1 aromatic heterocycles. The largest absolute Gasteiger partial charge is 0.325 e. The van der Waals surface area contributed by atoms with E-state index in [0.29, 0.717) is 26.4 Å². The summed E-state index contributed by atoms with van der Waals surface area (Å²) >= 11 is 13.4. The van der Waals surface area contributed by atoms with Crippen molar-refractivity contribution in [2.24, 2.45) is 0 Å². The highest BCUT2D eigenvalue weighted by molar-refractivity contribution is 7.22. The summed E-state index contributed by atoms with van der Waals surface area (Å²) in [5, 5.41) is 6.85. The van der Waals surface area contributed by atoms with Crippen molar-refractivity contribution in [3.8, 4) is 0 Å². The minimum absolute atomic E-state index is 0.404. The fraction of sp³-hybridized carbons (Fsp3) is 0. The quantitative estimate of drug-likeness (QED) is 0.671. The van der Waals surface area contributed by atoms with Gasteiger partial charge in [-0.2, -0.15) is 0 Å². The Hall–Kier alpha value is -1.82. The van der Waals surface area contributed by atoms with Crippen LogP contribution in [-0.4, -0.2) is 11.0 Å². The molecule has 0 bridgehead atoms. The molecule has 1 heterocycles. The van der Waals surface area contributed by atoms with Crippen molar-refractivity contribution in [3.05, 3.63) is 52.5 Å². The van der Waals surface area contributed by atoms with Crippen LogP contribution >= 0.6 is 34.5 Å². The highest BCUT2D eigenvalue weighted by atomic mass is 35.5. The molecule has 0 unspecified atom stereocenters. The summed E-state index contributed by atoms with van der Waals surface area (Å²) < 4.78 is 0.913. The third-order valence-corrected chi connectivity index (χ3v) is 4.28. The topological polar surface area (TPSA) is 54.0 Å². The van der Waals surface area contributed by atoms with Gasteiger partial charge in [0, 0.05) is 0 Å². The maximum Gasteiger partial charge on any atom is 0.325 e. The first kappa shape index (κ1) is 14.1. The number of halogens is 2. The van der Waals surface area contributed by atoms with Gasteiger partial charge in [0.1, 0.15) is 5.52 Å². The van der Waals surface area contributed by atoms with Gasteiger partial charge in [-0.1, -0.05) is 52.7 Å². The van der Waals surface area contributed by atoms with Gasteiger partial charge in [-0.25, -0.2) is 9.78 Å². The number of thiazole rings is 1. The molecule has 0 saturated heterocycles. The molecule has 2 amide bonds. The molecular formula is C14H9Cl2N3OS. The van der Waals surface area contributed by atoms with Gasteiger partial charge in [0.25, 0.3) is 0 Å². The number of para-hydroxylation sites is 2. The van der Waals surface area contributed by atoms with E-state index in [2.05, 4.69) is 15.6 Å². The van der Waals surface area contributed by atoms with E-state index in [1.807, 2.05) is 12.1 Å². The highest BCUT2D eigenvalue weighted by Gasteiger charge is 2.10. The Morgan fingerprint density at radius 2 is 1.76 bits per heavy atom. The molecule has 0 spiro atoms. The zero-order chi connectivity index (χ0) is 14.8. The van der Waals surface area contributed by atoms with E-state index in [1.54, 1.807) is 30.3 Å². The molecule has 0 aliphatic heterocycles. The molecule has 106 valence electrons. The van der Waals surface area contributed by atoms with Crippen molar-refractivity contribution >= 4 is 61.6 Å². The average molecular weight is 338 g/mol. The zero-order valence-corrected chi connectivity index (χ0v) is 12.9. The number of urea groups is 1. The van der Waals surface area contributed by atoms with Gasteiger partial charge in [-0.05, 0) is 24.3 Å². The molecule has 3 aromatic rings. The molecule has 7 heteroatoms. The van der Waals surface area contributed by atoms with E-state index in [1.165, 1.54) is 11.3 Å².